The minimum absolute atomic E-state index is 0.687. The molecule has 0 aliphatic carbocycles. The van der Waals surface area contributed by atoms with Crippen molar-refractivity contribution < 1.29 is 0 Å². The van der Waals surface area contributed by atoms with Crippen LogP contribution in [0.25, 0.3) is 0 Å². The first-order valence-electron chi connectivity index (χ1n) is 5.69. The molecule has 0 radical (unpaired) electrons. The summed E-state index contributed by atoms with van der Waals surface area (Å²) in [4.78, 5) is 4.88. The van der Waals surface area contributed by atoms with Crippen LogP contribution in [0, 0.1) is 5.92 Å². The lowest BCUT2D eigenvalue weighted by Gasteiger charge is -2.37. The van der Waals surface area contributed by atoms with Crippen LogP contribution in [-0.4, -0.2) is 62.7 Å². The van der Waals surface area contributed by atoms with Crippen molar-refractivity contribution in [3.05, 3.63) is 0 Å². The third kappa shape index (κ3) is 3.95. The van der Waals surface area contributed by atoms with E-state index < -0.39 is 0 Å². The predicted octanol–water partition coefficient (Wildman–Crippen LogP) is 0.478. The number of hydrogen-bond acceptors (Lipinski definition) is 3. The van der Waals surface area contributed by atoms with Gasteiger partial charge in [-0.1, -0.05) is 13.8 Å². The third-order valence-electron chi connectivity index (χ3n) is 2.91. The fourth-order valence-electron chi connectivity index (χ4n) is 1.86. The van der Waals surface area contributed by atoms with E-state index in [1.807, 2.05) is 0 Å². The average Bonchev–Trinajstić information content (AvgIpc) is 2.10. The van der Waals surface area contributed by atoms with Crippen molar-refractivity contribution in [2.45, 2.75) is 19.9 Å². The predicted molar refractivity (Wildman–Crippen MR) is 61.6 cm³/mol. The lowest BCUT2D eigenvalue weighted by molar-refractivity contribution is 0.113. The minimum atomic E-state index is 0.687. The molecule has 14 heavy (non-hydrogen) atoms. The molecule has 0 amide bonds. The standard InChI is InChI=1S/C11H25N3/c1-10(2)7-12-8-11-9-13(3)5-6-14(11)4/h10-12H,5-9H2,1-4H3. The summed E-state index contributed by atoms with van der Waals surface area (Å²) in [6, 6.07) is 0.687. The first kappa shape index (κ1) is 12.0. The number of nitrogens with zero attached hydrogens (tertiary/aromatic N) is 2. The van der Waals surface area contributed by atoms with Gasteiger partial charge in [0.1, 0.15) is 0 Å². The van der Waals surface area contributed by atoms with E-state index in [0.717, 1.165) is 19.0 Å². The van der Waals surface area contributed by atoms with E-state index in [1.165, 1.54) is 19.6 Å². The Morgan fingerprint density at radius 1 is 1.29 bits per heavy atom. The Morgan fingerprint density at radius 2 is 2.00 bits per heavy atom. The van der Waals surface area contributed by atoms with E-state index in [4.69, 9.17) is 0 Å². The Bertz CT molecular complexity index is 159. The summed E-state index contributed by atoms with van der Waals surface area (Å²) in [5, 5.41) is 3.54. The van der Waals surface area contributed by atoms with Crippen LogP contribution in [0.15, 0.2) is 0 Å². The van der Waals surface area contributed by atoms with E-state index in [-0.39, 0.29) is 0 Å². The minimum Gasteiger partial charge on any atom is -0.315 e. The van der Waals surface area contributed by atoms with Crippen LogP contribution >= 0.6 is 0 Å². The summed E-state index contributed by atoms with van der Waals surface area (Å²) >= 11 is 0. The molecule has 1 unspecified atom stereocenters. The number of likely N-dealkylation sites (N-methyl/N-ethyl adjacent to an activating group) is 2. The van der Waals surface area contributed by atoms with Gasteiger partial charge in [0, 0.05) is 32.2 Å². The zero-order valence-electron chi connectivity index (χ0n) is 10.1. The van der Waals surface area contributed by atoms with Crippen molar-refractivity contribution in [1.29, 1.82) is 0 Å². The molecule has 0 saturated carbocycles. The highest BCUT2D eigenvalue weighted by Gasteiger charge is 2.21. The van der Waals surface area contributed by atoms with Crippen LogP contribution in [-0.2, 0) is 0 Å². The molecule has 1 N–H and O–H groups in total. The molecular formula is C11H25N3. The Kier molecular flexibility index (Phi) is 4.85. The van der Waals surface area contributed by atoms with Crippen molar-refractivity contribution in [2.24, 2.45) is 5.92 Å². The summed E-state index contributed by atoms with van der Waals surface area (Å²) in [5.41, 5.74) is 0. The smallest absolute Gasteiger partial charge is 0.0345 e. The van der Waals surface area contributed by atoms with E-state index in [0.29, 0.717) is 6.04 Å². The Hall–Kier alpha value is -0.120. The van der Waals surface area contributed by atoms with Gasteiger partial charge in [0.2, 0.25) is 0 Å². The zero-order chi connectivity index (χ0) is 10.6. The molecule has 1 aliphatic heterocycles. The summed E-state index contributed by atoms with van der Waals surface area (Å²) in [6.45, 7) is 10.4. The summed E-state index contributed by atoms with van der Waals surface area (Å²) in [7, 11) is 4.44. The molecule has 0 aromatic rings. The van der Waals surface area contributed by atoms with Gasteiger partial charge in [-0.2, -0.15) is 0 Å². The molecule has 0 bridgehead atoms. The lowest BCUT2D eigenvalue weighted by Crippen LogP contribution is -2.54. The van der Waals surface area contributed by atoms with Crippen LogP contribution in [0.5, 0.6) is 0 Å². The van der Waals surface area contributed by atoms with Crippen LogP contribution in [0.4, 0.5) is 0 Å². The summed E-state index contributed by atoms with van der Waals surface area (Å²) < 4.78 is 0. The van der Waals surface area contributed by atoms with Crippen LogP contribution in [0.1, 0.15) is 13.8 Å². The number of piperazine rings is 1. The zero-order valence-corrected chi connectivity index (χ0v) is 10.1. The molecule has 0 aromatic carbocycles. The molecule has 0 aromatic heterocycles. The van der Waals surface area contributed by atoms with Crippen molar-refractivity contribution in [3.63, 3.8) is 0 Å². The van der Waals surface area contributed by atoms with Crippen molar-refractivity contribution in [1.82, 2.24) is 15.1 Å². The quantitative estimate of drug-likeness (QED) is 0.710. The van der Waals surface area contributed by atoms with Gasteiger partial charge in [0.15, 0.2) is 0 Å². The van der Waals surface area contributed by atoms with Gasteiger partial charge < -0.3 is 10.2 Å². The van der Waals surface area contributed by atoms with Gasteiger partial charge in [-0.3, -0.25) is 4.90 Å². The first-order valence-corrected chi connectivity index (χ1v) is 5.69. The van der Waals surface area contributed by atoms with E-state index in [9.17, 15) is 0 Å². The largest absolute Gasteiger partial charge is 0.315 e. The van der Waals surface area contributed by atoms with Gasteiger partial charge >= 0.3 is 0 Å². The first-order chi connectivity index (χ1) is 6.59. The van der Waals surface area contributed by atoms with Crippen molar-refractivity contribution in [2.75, 3.05) is 46.8 Å². The molecule has 1 saturated heterocycles. The third-order valence-corrected chi connectivity index (χ3v) is 2.91. The molecule has 1 heterocycles. The molecule has 1 fully saturated rings. The van der Waals surface area contributed by atoms with E-state index in [2.05, 4.69) is 43.1 Å². The van der Waals surface area contributed by atoms with Crippen molar-refractivity contribution in [3.8, 4) is 0 Å². The lowest BCUT2D eigenvalue weighted by atomic mass is 10.1. The monoisotopic (exact) mass is 199 g/mol. The topological polar surface area (TPSA) is 18.5 Å². The maximum Gasteiger partial charge on any atom is 0.0345 e. The van der Waals surface area contributed by atoms with Gasteiger partial charge in [-0.25, -0.2) is 0 Å². The SMILES string of the molecule is CC(C)CNCC1CN(C)CCN1C. The van der Waals surface area contributed by atoms with Gasteiger partial charge in [-0.05, 0) is 26.6 Å². The second-order valence-corrected chi connectivity index (χ2v) is 4.95. The maximum absolute atomic E-state index is 3.54. The van der Waals surface area contributed by atoms with Gasteiger partial charge in [-0.15, -0.1) is 0 Å². The second-order valence-electron chi connectivity index (χ2n) is 4.95. The summed E-state index contributed by atoms with van der Waals surface area (Å²) in [5.74, 6) is 0.752. The Labute approximate surface area is 88.5 Å². The van der Waals surface area contributed by atoms with Crippen LogP contribution < -0.4 is 5.32 Å². The Morgan fingerprint density at radius 3 is 2.64 bits per heavy atom. The molecule has 3 heteroatoms. The highest BCUT2D eigenvalue weighted by atomic mass is 15.3. The Balaban J connectivity index is 2.20. The maximum atomic E-state index is 3.54. The molecule has 0 spiro atoms. The molecule has 1 aliphatic rings. The van der Waals surface area contributed by atoms with Crippen LogP contribution in [0.2, 0.25) is 0 Å². The number of rotatable bonds is 4. The molecule has 84 valence electrons. The molecule has 1 rings (SSSR count). The average molecular weight is 199 g/mol. The number of hydrogen-bond donors (Lipinski definition) is 1. The highest BCUT2D eigenvalue weighted by Crippen LogP contribution is 2.04. The fourth-order valence-corrected chi connectivity index (χ4v) is 1.86. The van der Waals surface area contributed by atoms with Gasteiger partial charge in [0.05, 0.1) is 0 Å². The van der Waals surface area contributed by atoms with E-state index in [1.54, 1.807) is 0 Å². The molecule has 3 nitrogen and oxygen atoms in total. The van der Waals surface area contributed by atoms with Crippen LogP contribution in [0.3, 0.4) is 0 Å². The molecular weight excluding hydrogens is 174 g/mol. The number of nitrogens with one attached hydrogen (secondary N) is 1. The normalized spacial score (nSPS) is 25.9. The van der Waals surface area contributed by atoms with E-state index >= 15 is 0 Å². The summed E-state index contributed by atoms with van der Waals surface area (Å²) in [6.07, 6.45) is 0. The second kappa shape index (κ2) is 5.69. The highest BCUT2D eigenvalue weighted by molar-refractivity contribution is 4.80. The van der Waals surface area contributed by atoms with Crippen molar-refractivity contribution >= 4 is 0 Å². The van der Waals surface area contributed by atoms with Gasteiger partial charge in [0.25, 0.3) is 0 Å². The fraction of sp³-hybridized carbons (Fsp3) is 1.00. The molecule has 1 atom stereocenters.